The molecule has 0 fully saturated rings. The topological polar surface area (TPSA) is 43.1 Å². The number of carbonyl (C=O) groups excluding carboxylic acids is 1. The van der Waals surface area contributed by atoms with Crippen LogP contribution in [0.1, 0.15) is 18.9 Å². The molecule has 0 bridgehead atoms. The Morgan fingerprint density at radius 3 is 2.80 bits per heavy atom. The number of rotatable bonds is 4. The van der Waals surface area contributed by atoms with Crippen LogP contribution in [0.25, 0.3) is 0 Å². The highest BCUT2D eigenvalue weighted by atomic mass is 79.9. The largest absolute Gasteiger partial charge is 0.322 e. The van der Waals surface area contributed by atoms with E-state index in [0.717, 1.165) is 0 Å². The lowest BCUT2D eigenvalue weighted by atomic mass is 10.0. The van der Waals surface area contributed by atoms with Crippen molar-refractivity contribution in [1.29, 1.82) is 0 Å². The molecule has 0 aromatic heterocycles. The van der Waals surface area contributed by atoms with Gasteiger partial charge in [0.25, 0.3) is 0 Å². The van der Waals surface area contributed by atoms with Gasteiger partial charge in [-0.15, -0.1) is 0 Å². The van der Waals surface area contributed by atoms with Gasteiger partial charge in [-0.2, -0.15) is 0 Å². The average Bonchev–Trinajstić information content (AvgIpc) is 2.20. The third kappa shape index (κ3) is 3.39. The molecular formula is C11H13BrFNO. The summed E-state index contributed by atoms with van der Waals surface area (Å²) in [5.41, 5.74) is 5.96. The normalized spacial score (nSPS) is 12.5. The van der Waals surface area contributed by atoms with Crippen LogP contribution in [0.3, 0.4) is 0 Å². The number of halogens is 2. The van der Waals surface area contributed by atoms with Crippen LogP contribution in [0, 0.1) is 5.82 Å². The first-order valence-electron chi connectivity index (χ1n) is 4.76. The van der Waals surface area contributed by atoms with Crippen LogP contribution in [0.4, 0.5) is 4.39 Å². The Labute approximate surface area is 96.8 Å². The molecule has 2 nitrogen and oxygen atoms in total. The second-order valence-corrected chi connectivity index (χ2v) is 4.31. The molecule has 82 valence electrons. The van der Waals surface area contributed by atoms with Crippen molar-refractivity contribution in [2.45, 2.75) is 25.8 Å². The summed E-state index contributed by atoms with van der Waals surface area (Å²) in [5, 5.41) is 0. The Morgan fingerprint density at radius 1 is 1.60 bits per heavy atom. The standard InChI is InChI=1S/C11H13BrFNO/c1-2-10(14)11(15)5-7-3-4-8(12)6-9(7)13/h3-4,6,10H,2,5,14H2,1H3. The Morgan fingerprint density at radius 2 is 2.27 bits per heavy atom. The Balaban J connectivity index is 2.77. The summed E-state index contributed by atoms with van der Waals surface area (Å²) in [6, 6.07) is 4.16. The van der Waals surface area contributed by atoms with Crippen LogP contribution < -0.4 is 5.73 Å². The van der Waals surface area contributed by atoms with Gasteiger partial charge in [-0.05, 0) is 24.1 Å². The number of carbonyl (C=O) groups is 1. The summed E-state index contributed by atoms with van der Waals surface area (Å²) in [4.78, 5) is 11.5. The fourth-order valence-corrected chi connectivity index (χ4v) is 1.54. The monoisotopic (exact) mass is 273 g/mol. The van der Waals surface area contributed by atoms with Gasteiger partial charge in [-0.1, -0.05) is 28.9 Å². The highest BCUT2D eigenvalue weighted by molar-refractivity contribution is 9.10. The molecule has 0 heterocycles. The van der Waals surface area contributed by atoms with Gasteiger partial charge in [0, 0.05) is 10.9 Å². The van der Waals surface area contributed by atoms with E-state index in [1.807, 2.05) is 6.92 Å². The van der Waals surface area contributed by atoms with E-state index in [4.69, 9.17) is 5.73 Å². The van der Waals surface area contributed by atoms with Crippen LogP contribution in [-0.2, 0) is 11.2 Å². The van der Waals surface area contributed by atoms with E-state index in [9.17, 15) is 9.18 Å². The summed E-state index contributed by atoms with van der Waals surface area (Å²) < 4.78 is 14.0. The molecule has 4 heteroatoms. The molecule has 0 aliphatic rings. The lowest BCUT2D eigenvalue weighted by molar-refractivity contribution is -0.119. The molecule has 0 radical (unpaired) electrons. The summed E-state index contributed by atoms with van der Waals surface area (Å²) in [7, 11) is 0. The summed E-state index contributed by atoms with van der Waals surface area (Å²) >= 11 is 3.16. The van der Waals surface area contributed by atoms with Gasteiger partial charge in [0.1, 0.15) is 5.82 Å². The summed E-state index contributed by atoms with van der Waals surface area (Å²) in [6.07, 6.45) is 0.644. The molecule has 2 N–H and O–H groups in total. The van der Waals surface area contributed by atoms with E-state index in [2.05, 4.69) is 15.9 Å². The number of hydrogen-bond acceptors (Lipinski definition) is 2. The number of Topliss-reactive ketones (excluding diaryl/α,β-unsaturated/α-hetero) is 1. The lowest BCUT2D eigenvalue weighted by Gasteiger charge is -2.08. The van der Waals surface area contributed by atoms with Gasteiger partial charge >= 0.3 is 0 Å². The summed E-state index contributed by atoms with van der Waals surface area (Å²) in [5.74, 6) is -0.500. The van der Waals surface area contributed by atoms with Gasteiger partial charge in [-0.3, -0.25) is 4.79 Å². The minimum Gasteiger partial charge on any atom is -0.322 e. The van der Waals surface area contributed by atoms with Crippen molar-refractivity contribution in [3.63, 3.8) is 0 Å². The molecule has 0 aliphatic heterocycles. The molecule has 0 aliphatic carbocycles. The van der Waals surface area contributed by atoms with Crippen LogP contribution >= 0.6 is 15.9 Å². The average molecular weight is 274 g/mol. The second-order valence-electron chi connectivity index (χ2n) is 3.39. The number of ketones is 1. The number of hydrogen-bond donors (Lipinski definition) is 1. The molecule has 1 rings (SSSR count). The molecule has 1 aromatic carbocycles. The van der Waals surface area contributed by atoms with Crippen molar-refractivity contribution in [3.05, 3.63) is 34.1 Å². The van der Waals surface area contributed by atoms with E-state index in [0.29, 0.717) is 16.5 Å². The van der Waals surface area contributed by atoms with Crippen molar-refractivity contribution >= 4 is 21.7 Å². The minimum atomic E-state index is -0.493. The minimum absolute atomic E-state index is 0.0636. The first kappa shape index (κ1) is 12.3. The maximum absolute atomic E-state index is 13.4. The van der Waals surface area contributed by atoms with E-state index < -0.39 is 6.04 Å². The molecule has 0 saturated carbocycles. The predicted molar refractivity (Wildman–Crippen MR) is 61.1 cm³/mol. The van der Waals surface area contributed by atoms with E-state index in [-0.39, 0.29) is 18.0 Å². The zero-order chi connectivity index (χ0) is 11.4. The first-order valence-corrected chi connectivity index (χ1v) is 5.56. The van der Waals surface area contributed by atoms with Crippen molar-refractivity contribution in [2.75, 3.05) is 0 Å². The Bertz CT molecular complexity index is 368. The van der Waals surface area contributed by atoms with Gasteiger partial charge < -0.3 is 5.73 Å². The Kier molecular flexibility index (Phi) is 4.42. The quantitative estimate of drug-likeness (QED) is 0.916. The van der Waals surface area contributed by atoms with Crippen molar-refractivity contribution < 1.29 is 9.18 Å². The van der Waals surface area contributed by atoms with E-state index in [1.165, 1.54) is 6.07 Å². The SMILES string of the molecule is CCC(N)C(=O)Cc1ccc(Br)cc1F. The fraction of sp³-hybridized carbons (Fsp3) is 0.364. The Hall–Kier alpha value is -0.740. The lowest BCUT2D eigenvalue weighted by Crippen LogP contribution is -2.31. The highest BCUT2D eigenvalue weighted by Gasteiger charge is 2.14. The van der Waals surface area contributed by atoms with Crippen LogP contribution in [0.2, 0.25) is 0 Å². The molecule has 1 aromatic rings. The molecule has 0 saturated heterocycles. The second kappa shape index (κ2) is 5.37. The molecule has 1 atom stereocenters. The molecule has 0 spiro atoms. The molecule has 0 amide bonds. The summed E-state index contributed by atoms with van der Waals surface area (Å²) in [6.45, 7) is 1.83. The fourth-order valence-electron chi connectivity index (χ4n) is 1.21. The maximum Gasteiger partial charge on any atom is 0.153 e. The van der Waals surface area contributed by atoms with Crippen LogP contribution in [-0.4, -0.2) is 11.8 Å². The van der Waals surface area contributed by atoms with E-state index >= 15 is 0 Å². The maximum atomic E-state index is 13.4. The third-order valence-electron chi connectivity index (χ3n) is 2.23. The van der Waals surface area contributed by atoms with Gasteiger partial charge in [0.05, 0.1) is 6.04 Å². The molecule has 1 unspecified atom stereocenters. The molecular weight excluding hydrogens is 261 g/mol. The van der Waals surface area contributed by atoms with E-state index in [1.54, 1.807) is 12.1 Å². The van der Waals surface area contributed by atoms with Gasteiger partial charge in [0.15, 0.2) is 5.78 Å². The van der Waals surface area contributed by atoms with Crippen molar-refractivity contribution in [1.82, 2.24) is 0 Å². The predicted octanol–water partition coefficient (Wildman–Crippen LogP) is 2.44. The smallest absolute Gasteiger partial charge is 0.153 e. The van der Waals surface area contributed by atoms with Crippen molar-refractivity contribution in [3.8, 4) is 0 Å². The zero-order valence-electron chi connectivity index (χ0n) is 8.47. The van der Waals surface area contributed by atoms with Crippen LogP contribution in [0.15, 0.2) is 22.7 Å². The van der Waals surface area contributed by atoms with Gasteiger partial charge in [0.2, 0.25) is 0 Å². The first-order chi connectivity index (χ1) is 7.04. The van der Waals surface area contributed by atoms with Crippen LogP contribution in [0.5, 0.6) is 0 Å². The van der Waals surface area contributed by atoms with Gasteiger partial charge in [-0.25, -0.2) is 4.39 Å². The highest BCUT2D eigenvalue weighted by Crippen LogP contribution is 2.16. The number of nitrogens with two attached hydrogens (primary N) is 1. The zero-order valence-corrected chi connectivity index (χ0v) is 10.1. The van der Waals surface area contributed by atoms with Crippen molar-refractivity contribution in [2.24, 2.45) is 5.73 Å². The third-order valence-corrected chi connectivity index (χ3v) is 2.73. The number of benzene rings is 1. The molecule has 15 heavy (non-hydrogen) atoms.